The van der Waals surface area contributed by atoms with E-state index in [0.29, 0.717) is 11.3 Å². The maximum Gasteiger partial charge on any atom is 0.339 e. The summed E-state index contributed by atoms with van der Waals surface area (Å²) in [6.07, 6.45) is 1.52. The molecular formula is C25H19BrN2O6S2. The van der Waals surface area contributed by atoms with Crippen LogP contribution in [0.3, 0.4) is 0 Å². The smallest absolute Gasteiger partial charge is 0.339 e. The Morgan fingerprint density at radius 1 is 1.06 bits per heavy atom. The fraction of sp³-hybridized carbons (Fsp3) is 0.0800. The van der Waals surface area contributed by atoms with Crippen LogP contribution in [-0.2, 0) is 26.3 Å². The average Bonchev–Trinajstić information content (AvgIpc) is 3.07. The van der Waals surface area contributed by atoms with Crippen LogP contribution >= 0.6 is 27.7 Å². The molecule has 0 radical (unpaired) electrons. The zero-order valence-electron chi connectivity index (χ0n) is 18.8. The molecule has 1 N–H and O–H groups in total. The minimum absolute atomic E-state index is 0.0452. The van der Waals surface area contributed by atoms with Gasteiger partial charge in [0, 0.05) is 17.1 Å². The van der Waals surface area contributed by atoms with E-state index in [0.717, 1.165) is 26.7 Å². The van der Waals surface area contributed by atoms with Crippen molar-refractivity contribution in [3.63, 3.8) is 0 Å². The molecule has 0 aliphatic carbocycles. The number of nitrogens with one attached hydrogen (secondary N) is 1. The predicted molar refractivity (Wildman–Crippen MR) is 141 cm³/mol. The fourth-order valence-electron chi connectivity index (χ4n) is 3.30. The maximum atomic E-state index is 12.8. The van der Waals surface area contributed by atoms with Crippen molar-refractivity contribution in [1.29, 1.82) is 0 Å². The van der Waals surface area contributed by atoms with Gasteiger partial charge in [-0.1, -0.05) is 40.2 Å². The van der Waals surface area contributed by atoms with Gasteiger partial charge in [0.2, 0.25) is 5.91 Å². The van der Waals surface area contributed by atoms with E-state index in [-0.39, 0.29) is 33.2 Å². The van der Waals surface area contributed by atoms with E-state index in [2.05, 4.69) is 21.2 Å². The number of hydrogen-bond acceptors (Lipinski definition) is 7. The summed E-state index contributed by atoms with van der Waals surface area (Å²) < 4.78 is 31.5. The Labute approximate surface area is 220 Å². The molecule has 1 saturated heterocycles. The van der Waals surface area contributed by atoms with E-state index in [1.54, 1.807) is 12.1 Å². The maximum absolute atomic E-state index is 12.8. The summed E-state index contributed by atoms with van der Waals surface area (Å²) in [5.74, 6) is -0.653. The highest BCUT2D eigenvalue weighted by Gasteiger charge is 2.35. The first-order valence-corrected chi connectivity index (χ1v) is 13.5. The Morgan fingerprint density at radius 2 is 1.75 bits per heavy atom. The van der Waals surface area contributed by atoms with Gasteiger partial charge in [0.25, 0.3) is 11.1 Å². The molecule has 0 spiro atoms. The van der Waals surface area contributed by atoms with Crippen molar-refractivity contribution < 1.29 is 27.0 Å². The van der Waals surface area contributed by atoms with Gasteiger partial charge in [0.05, 0.1) is 11.4 Å². The molecule has 1 aliphatic rings. The van der Waals surface area contributed by atoms with Crippen LogP contribution in [0, 0.1) is 0 Å². The lowest BCUT2D eigenvalue weighted by atomic mass is 10.2. The van der Waals surface area contributed by atoms with Crippen LogP contribution in [0.25, 0.3) is 6.08 Å². The van der Waals surface area contributed by atoms with E-state index in [4.69, 9.17) is 4.18 Å². The molecule has 36 heavy (non-hydrogen) atoms. The number of carbonyl (C=O) groups is 3. The van der Waals surface area contributed by atoms with Crippen LogP contribution in [0.5, 0.6) is 5.75 Å². The zero-order valence-corrected chi connectivity index (χ0v) is 22.0. The molecule has 1 aliphatic heterocycles. The number of imide groups is 1. The molecule has 3 aromatic rings. The fourth-order valence-corrected chi connectivity index (χ4v) is 5.32. The topological polar surface area (TPSA) is 110 Å². The number of rotatable bonds is 7. The molecule has 3 aromatic carbocycles. The number of nitrogens with zero attached hydrogens (tertiary/aromatic N) is 1. The van der Waals surface area contributed by atoms with Gasteiger partial charge < -0.3 is 9.50 Å². The second-order valence-electron chi connectivity index (χ2n) is 7.71. The SMILES string of the molecule is CC(=O)Nc1ccc(S(=O)(=O)Oc2cccc(/C=C3\SC(=O)N(Cc4ccc(Br)cc4)C3=O)c2)cc1. The second kappa shape index (κ2) is 10.7. The second-order valence-corrected chi connectivity index (χ2v) is 11.2. The van der Waals surface area contributed by atoms with Crippen LogP contribution in [0.4, 0.5) is 10.5 Å². The van der Waals surface area contributed by atoms with Gasteiger partial charge in [0.1, 0.15) is 10.6 Å². The molecule has 0 bridgehead atoms. The third kappa shape index (κ3) is 6.23. The summed E-state index contributed by atoms with van der Waals surface area (Å²) >= 11 is 4.17. The summed E-state index contributed by atoms with van der Waals surface area (Å²) in [5.41, 5.74) is 1.77. The van der Waals surface area contributed by atoms with Crippen molar-refractivity contribution in [2.24, 2.45) is 0 Å². The first-order chi connectivity index (χ1) is 17.1. The molecular weight excluding hydrogens is 568 g/mol. The highest BCUT2D eigenvalue weighted by Crippen LogP contribution is 2.34. The van der Waals surface area contributed by atoms with Gasteiger partial charge >= 0.3 is 10.1 Å². The van der Waals surface area contributed by atoms with Crippen molar-refractivity contribution in [3.05, 3.63) is 93.3 Å². The lowest BCUT2D eigenvalue weighted by Gasteiger charge is -2.12. The minimum Gasteiger partial charge on any atom is -0.379 e. The lowest BCUT2D eigenvalue weighted by molar-refractivity contribution is -0.123. The van der Waals surface area contributed by atoms with Crippen LogP contribution in [-0.4, -0.2) is 30.4 Å². The summed E-state index contributed by atoms with van der Waals surface area (Å²) in [7, 11) is -4.14. The van der Waals surface area contributed by atoms with Crippen LogP contribution in [0.15, 0.2) is 87.1 Å². The van der Waals surface area contributed by atoms with Crippen LogP contribution in [0.1, 0.15) is 18.1 Å². The van der Waals surface area contributed by atoms with E-state index < -0.39 is 16.0 Å². The summed E-state index contributed by atoms with van der Waals surface area (Å²) in [6.45, 7) is 1.50. The molecule has 0 unspecified atom stereocenters. The third-order valence-corrected chi connectivity index (χ3v) is 7.65. The van der Waals surface area contributed by atoms with Gasteiger partial charge in [0.15, 0.2) is 0 Å². The Balaban J connectivity index is 1.49. The molecule has 0 saturated carbocycles. The number of hydrogen-bond donors (Lipinski definition) is 1. The van der Waals surface area contributed by atoms with E-state index in [1.165, 1.54) is 49.4 Å². The summed E-state index contributed by atoms with van der Waals surface area (Å²) in [4.78, 5) is 37.7. The number of halogens is 1. The molecule has 184 valence electrons. The number of benzene rings is 3. The molecule has 0 aromatic heterocycles. The molecule has 8 nitrogen and oxygen atoms in total. The summed E-state index contributed by atoms with van der Waals surface area (Å²) in [6, 6.07) is 19.1. The van der Waals surface area contributed by atoms with E-state index in [1.807, 2.05) is 24.3 Å². The summed E-state index contributed by atoms with van der Waals surface area (Å²) in [5, 5.41) is 2.18. The van der Waals surface area contributed by atoms with Gasteiger partial charge in [-0.3, -0.25) is 19.3 Å². The lowest BCUT2D eigenvalue weighted by Crippen LogP contribution is -2.27. The zero-order chi connectivity index (χ0) is 25.9. The Hall–Kier alpha value is -3.41. The quantitative estimate of drug-likeness (QED) is 0.291. The number of carbonyl (C=O) groups excluding carboxylic acids is 3. The van der Waals surface area contributed by atoms with Crippen molar-refractivity contribution in [2.75, 3.05) is 5.32 Å². The highest BCUT2D eigenvalue weighted by atomic mass is 79.9. The average molecular weight is 587 g/mol. The van der Waals surface area contributed by atoms with Gasteiger partial charge in [-0.05, 0) is 77.5 Å². The van der Waals surface area contributed by atoms with Crippen molar-refractivity contribution in [1.82, 2.24) is 4.90 Å². The molecule has 11 heteroatoms. The number of thioether (sulfide) groups is 1. The molecule has 3 amide bonds. The Kier molecular flexibility index (Phi) is 7.62. The van der Waals surface area contributed by atoms with Crippen LogP contribution < -0.4 is 9.50 Å². The minimum atomic E-state index is -4.14. The highest BCUT2D eigenvalue weighted by molar-refractivity contribution is 9.10. The van der Waals surface area contributed by atoms with Gasteiger partial charge in [-0.15, -0.1) is 0 Å². The van der Waals surface area contributed by atoms with Crippen molar-refractivity contribution in [3.8, 4) is 5.75 Å². The predicted octanol–water partition coefficient (Wildman–Crippen LogP) is 5.41. The molecule has 1 heterocycles. The van der Waals surface area contributed by atoms with Crippen molar-refractivity contribution >= 4 is 66.6 Å². The molecule has 4 rings (SSSR count). The normalized spacial score (nSPS) is 14.8. The largest absolute Gasteiger partial charge is 0.379 e. The van der Waals surface area contributed by atoms with E-state index >= 15 is 0 Å². The standard InChI is InChI=1S/C25H19BrN2O6S2/c1-16(29)27-20-9-11-22(12-10-20)36(32,33)34-21-4-2-3-18(13-21)14-23-24(30)28(25(31)35-23)15-17-5-7-19(26)8-6-17/h2-14H,15H2,1H3,(H,27,29)/b23-14-. The van der Waals surface area contributed by atoms with Gasteiger partial charge in [-0.2, -0.15) is 8.42 Å². The van der Waals surface area contributed by atoms with E-state index in [9.17, 15) is 22.8 Å². The van der Waals surface area contributed by atoms with Crippen LogP contribution in [0.2, 0.25) is 0 Å². The Bertz CT molecular complexity index is 1470. The first-order valence-electron chi connectivity index (χ1n) is 10.5. The monoisotopic (exact) mass is 586 g/mol. The number of amides is 3. The third-order valence-electron chi connectivity index (χ3n) is 4.95. The first kappa shape index (κ1) is 25.7. The molecule has 1 fully saturated rings. The molecule has 0 atom stereocenters. The Morgan fingerprint density at radius 3 is 2.42 bits per heavy atom. The van der Waals surface area contributed by atoms with Gasteiger partial charge in [-0.25, -0.2) is 0 Å². The van der Waals surface area contributed by atoms with Crippen molar-refractivity contribution in [2.45, 2.75) is 18.4 Å². The number of anilines is 1.